The second kappa shape index (κ2) is 7.95. The number of carbonyl (C=O) groups excluding carboxylic acids is 2. The van der Waals surface area contributed by atoms with Gasteiger partial charge in [0.05, 0.1) is 17.5 Å². The smallest absolute Gasteiger partial charge is 0.240 e. The Morgan fingerprint density at radius 2 is 1.05 bits per heavy atom. The van der Waals surface area contributed by atoms with Gasteiger partial charge in [0.2, 0.25) is 11.8 Å². The Bertz CT molecular complexity index is 1450. The molecule has 0 saturated carbocycles. The fraction of sp³-hybridized carbons (Fsp3) is 0.161. The molecule has 2 bridgehead atoms. The van der Waals surface area contributed by atoms with E-state index in [9.17, 15) is 9.59 Å². The van der Waals surface area contributed by atoms with Gasteiger partial charge in [0.1, 0.15) is 22.1 Å². The zero-order valence-electron chi connectivity index (χ0n) is 19.6. The van der Waals surface area contributed by atoms with E-state index < -0.39 is 21.6 Å². The van der Waals surface area contributed by atoms with E-state index in [2.05, 4.69) is 0 Å². The summed E-state index contributed by atoms with van der Waals surface area (Å²) in [5, 5.41) is 0. The molecule has 0 spiro atoms. The van der Waals surface area contributed by atoms with E-state index in [1.807, 2.05) is 78.9 Å². The number of alkyl halides is 2. The molecule has 0 aromatic heterocycles. The summed E-state index contributed by atoms with van der Waals surface area (Å²) in [6.45, 7) is 0.423. The summed E-state index contributed by atoms with van der Waals surface area (Å²) in [5.41, 5.74) is 4.69. The van der Waals surface area contributed by atoms with E-state index in [1.165, 1.54) is 4.90 Å². The van der Waals surface area contributed by atoms with Crippen molar-refractivity contribution in [2.75, 3.05) is 4.90 Å². The lowest BCUT2D eigenvalue weighted by Crippen LogP contribution is -2.57. The number of imide groups is 1. The van der Waals surface area contributed by atoms with Crippen LogP contribution < -0.4 is 9.64 Å². The van der Waals surface area contributed by atoms with Crippen LogP contribution in [0.5, 0.6) is 5.75 Å². The Morgan fingerprint density at radius 1 is 0.622 bits per heavy atom. The SMILES string of the molecule is O=C1[C@@H]2[C@@H](C(=O)N1c1ccc(OCc3ccccc3)cc1)C1(Cl)c3ccccc3C2(Cl)c2ccccc21. The largest absolute Gasteiger partial charge is 0.489 e. The third kappa shape index (κ3) is 2.91. The molecule has 2 atom stereocenters. The maximum Gasteiger partial charge on any atom is 0.240 e. The van der Waals surface area contributed by atoms with E-state index in [0.717, 1.165) is 27.8 Å². The minimum absolute atomic E-state index is 0.336. The van der Waals surface area contributed by atoms with Crippen LogP contribution in [0.15, 0.2) is 103 Å². The summed E-state index contributed by atoms with van der Waals surface area (Å²) in [6.07, 6.45) is 0. The molecule has 2 amide bonds. The topological polar surface area (TPSA) is 46.6 Å². The standard InChI is InChI=1S/C31H21Cl2NO3/c32-30-22-10-4-5-11-23(22)31(33,25-13-7-6-12-24(25)30)27-26(30)28(35)34(29(27)36)20-14-16-21(17-15-20)37-18-19-8-2-1-3-9-19/h1-17,26-27H,18H2/t26-,27-,30?,31?/m0/s1. The molecule has 0 radical (unpaired) electrons. The summed E-state index contributed by atoms with van der Waals surface area (Å²) in [4.78, 5) is 26.9. The van der Waals surface area contributed by atoms with E-state index >= 15 is 0 Å². The lowest BCUT2D eigenvalue weighted by molar-refractivity contribution is -0.122. The molecule has 8 rings (SSSR count). The molecule has 6 heteroatoms. The minimum Gasteiger partial charge on any atom is -0.489 e. The van der Waals surface area contributed by atoms with Gasteiger partial charge in [0.15, 0.2) is 0 Å². The molecule has 37 heavy (non-hydrogen) atoms. The molecule has 4 aliphatic rings. The van der Waals surface area contributed by atoms with Crippen molar-refractivity contribution in [2.24, 2.45) is 11.8 Å². The number of rotatable bonds is 4. The zero-order chi connectivity index (χ0) is 25.4. The van der Waals surface area contributed by atoms with Gasteiger partial charge < -0.3 is 4.74 Å². The number of anilines is 1. The number of ether oxygens (including phenoxy) is 1. The average molecular weight is 526 g/mol. The lowest BCUT2D eigenvalue weighted by Gasteiger charge is -2.54. The highest BCUT2D eigenvalue weighted by Gasteiger charge is 2.73. The molecule has 1 fully saturated rings. The Balaban J connectivity index is 1.28. The zero-order valence-corrected chi connectivity index (χ0v) is 21.1. The van der Waals surface area contributed by atoms with Crippen LogP contribution in [-0.2, 0) is 25.9 Å². The predicted octanol–water partition coefficient (Wildman–Crippen LogP) is 6.36. The highest BCUT2D eigenvalue weighted by molar-refractivity contribution is 6.38. The molecule has 4 aromatic carbocycles. The van der Waals surface area contributed by atoms with Crippen molar-refractivity contribution in [2.45, 2.75) is 16.4 Å². The van der Waals surface area contributed by atoms with E-state index in [4.69, 9.17) is 27.9 Å². The third-order valence-electron chi connectivity index (χ3n) is 7.93. The fourth-order valence-electron chi connectivity index (χ4n) is 6.35. The van der Waals surface area contributed by atoms with Gasteiger partial charge in [-0.1, -0.05) is 78.9 Å². The first-order chi connectivity index (χ1) is 18.0. The molecule has 1 aliphatic heterocycles. The van der Waals surface area contributed by atoms with E-state index in [-0.39, 0.29) is 11.8 Å². The predicted molar refractivity (Wildman–Crippen MR) is 143 cm³/mol. The van der Waals surface area contributed by atoms with Crippen LogP contribution in [0.2, 0.25) is 0 Å². The van der Waals surface area contributed by atoms with Gasteiger partial charge in [-0.3, -0.25) is 9.59 Å². The Hall–Kier alpha value is -3.60. The van der Waals surface area contributed by atoms with Crippen molar-refractivity contribution in [1.82, 2.24) is 0 Å². The first-order valence-electron chi connectivity index (χ1n) is 12.2. The maximum atomic E-state index is 14.0. The highest BCUT2D eigenvalue weighted by Crippen LogP contribution is 2.69. The van der Waals surface area contributed by atoms with Crippen molar-refractivity contribution >= 4 is 40.7 Å². The first kappa shape index (κ1) is 22.6. The van der Waals surface area contributed by atoms with Crippen molar-refractivity contribution in [3.63, 3.8) is 0 Å². The Morgan fingerprint density at radius 3 is 1.51 bits per heavy atom. The van der Waals surface area contributed by atoms with Gasteiger partial charge in [0.25, 0.3) is 0 Å². The van der Waals surface area contributed by atoms with Crippen LogP contribution in [0, 0.1) is 11.8 Å². The van der Waals surface area contributed by atoms with Gasteiger partial charge >= 0.3 is 0 Å². The van der Waals surface area contributed by atoms with E-state index in [1.54, 1.807) is 24.3 Å². The molecular weight excluding hydrogens is 505 g/mol. The molecule has 3 aliphatic carbocycles. The second-order valence-electron chi connectivity index (χ2n) is 9.75. The number of halogens is 2. The summed E-state index contributed by atoms with van der Waals surface area (Å²) in [5.74, 6) is -1.67. The van der Waals surface area contributed by atoms with Crippen LogP contribution in [0.1, 0.15) is 27.8 Å². The van der Waals surface area contributed by atoms with Crippen molar-refractivity contribution in [3.05, 3.63) is 131 Å². The molecule has 0 N–H and O–H groups in total. The summed E-state index contributed by atoms with van der Waals surface area (Å²) in [7, 11) is 0. The highest BCUT2D eigenvalue weighted by atomic mass is 35.5. The van der Waals surface area contributed by atoms with Gasteiger partial charge in [0, 0.05) is 0 Å². The van der Waals surface area contributed by atoms with Gasteiger partial charge in [-0.15, -0.1) is 23.2 Å². The van der Waals surface area contributed by atoms with Gasteiger partial charge in [-0.25, -0.2) is 4.90 Å². The summed E-state index contributed by atoms with van der Waals surface area (Å²) in [6, 6.07) is 32.1. The van der Waals surface area contributed by atoms with E-state index in [0.29, 0.717) is 18.0 Å². The lowest BCUT2D eigenvalue weighted by atomic mass is 9.54. The van der Waals surface area contributed by atoms with Crippen LogP contribution in [-0.4, -0.2) is 11.8 Å². The molecule has 1 saturated heterocycles. The minimum atomic E-state index is -1.19. The van der Waals surface area contributed by atoms with Gasteiger partial charge in [-0.05, 0) is 52.1 Å². The normalized spacial score (nSPS) is 27.0. The Kier molecular flexibility index (Phi) is 4.85. The molecule has 0 unspecified atom stereocenters. The number of amides is 2. The van der Waals surface area contributed by atoms with Crippen LogP contribution in [0.4, 0.5) is 5.69 Å². The summed E-state index contributed by atoms with van der Waals surface area (Å²) < 4.78 is 5.89. The number of hydrogen-bond acceptors (Lipinski definition) is 3. The average Bonchev–Trinajstić information content (AvgIpc) is 3.22. The quantitative estimate of drug-likeness (QED) is 0.230. The first-order valence-corrected chi connectivity index (χ1v) is 12.9. The monoisotopic (exact) mass is 525 g/mol. The molecule has 4 nitrogen and oxygen atoms in total. The maximum absolute atomic E-state index is 14.0. The van der Waals surface area contributed by atoms with Gasteiger partial charge in [-0.2, -0.15) is 0 Å². The molecule has 1 heterocycles. The molecule has 4 aromatic rings. The second-order valence-corrected chi connectivity index (χ2v) is 10.9. The number of carbonyl (C=O) groups is 2. The molecule has 182 valence electrons. The van der Waals surface area contributed by atoms with Crippen molar-refractivity contribution in [1.29, 1.82) is 0 Å². The van der Waals surface area contributed by atoms with Crippen LogP contribution in [0.25, 0.3) is 0 Å². The van der Waals surface area contributed by atoms with Crippen LogP contribution in [0.3, 0.4) is 0 Å². The molecular formula is C31H21Cl2NO3. The number of nitrogens with zero attached hydrogens (tertiary/aromatic N) is 1. The van der Waals surface area contributed by atoms with Crippen LogP contribution >= 0.6 is 23.2 Å². The fourth-order valence-corrected chi connectivity index (χ4v) is 7.45. The third-order valence-corrected chi connectivity index (χ3v) is 9.21. The summed E-state index contributed by atoms with van der Waals surface area (Å²) >= 11 is 15.0. The van der Waals surface area contributed by atoms with Crippen molar-refractivity contribution in [3.8, 4) is 5.75 Å². The number of benzene rings is 4. The Labute approximate surface area is 224 Å². The number of hydrogen-bond donors (Lipinski definition) is 0. The van der Waals surface area contributed by atoms with Crippen molar-refractivity contribution < 1.29 is 14.3 Å².